The third-order valence-corrected chi connectivity index (χ3v) is 3.04. The van der Waals surface area contributed by atoms with E-state index in [1.807, 2.05) is 6.08 Å². The minimum atomic E-state index is 0.595. The van der Waals surface area contributed by atoms with E-state index in [-0.39, 0.29) is 0 Å². The molecule has 1 aromatic rings. The third kappa shape index (κ3) is 4.07. The molecule has 1 heterocycles. The second-order valence-corrected chi connectivity index (χ2v) is 4.23. The van der Waals surface area contributed by atoms with Crippen LogP contribution in [-0.2, 0) is 6.42 Å². The molecule has 0 fully saturated rings. The molecule has 0 radical (unpaired) electrons. The molecule has 1 N–H and O–H groups in total. The van der Waals surface area contributed by atoms with Crippen molar-refractivity contribution < 1.29 is 0 Å². The quantitative estimate of drug-likeness (QED) is 0.680. The molecule has 0 bridgehead atoms. The lowest BCUT2D eigenvalue weighted by Gasteiger charge is -2.15. The molecule has 0 aromatic carbocycles. The maximum Gasteiger partial charge on any atom is 0.0104 e. The normalized spacial score (nSPS) is 12.6. The van der Waals surface area contributed by atoms with Crippen LogP contribution in [0.2, 0.25) is 0 Å². The second kappa shape index (κ2) is 6.80. The zero-order valence-corrected chi connectivity index (χ0v) is 9.65. The molecule has 0 saturated heterocycles. The van der Waals surface area contributed by atoms with Crippen molar-refractivity contribution in [1.82, 2.24) is 5.32 Å². The Bertz CT molecular complexity index is 241. The highest BCUT2D eigenvalue weighted by Gasteiger charge is 2.05. The molecule has 1 atom stereocenters. The van der Waals surface area contributed by atoms with E-state index in [0.29, 0.717) is 6.04 Å². The van der Waals surface area contributed by atoms with Crippen molar-refractivity contribution in [2.75, 3.05) is 6.54 Å². The van der Waals surface area contributed by atoms with E-state index in [2.05, 4.69) is 35.6 Å². The Labute approximate surface area is 90.9 Å². The van der Waals surface area contributed by atoms with Crippen LogP contribution in [0.5, 0.6) is 0 Å². The van der Waals surface area contributed by atoms with Gasteiger partial charge in [-0.25, -0.2) is 0 Å². The largest absolute Gasteiger partial charge is 0.314 e. The predicted molar refractivity (Wildman–Crippen MR) is 64.9 cm³/mol. The lowest BCUT2D eigenvalue weighted by atomic mass is 10.1. The minimum absolute atomic E-state index is 0.595. The van der Waals surface area contributed by atoms with Crippen LogP contribution in [0.3, 0.4) is 0 Å². The Hall–Kier alpha value is -0.600. The Morgan fingerprint density at radius 3 is 3.07 bits per heavy atom. The lowest BCUT2D eigenvalue weighted by molar-refractivity contribution is 0.498. The molecule has 1 aromatic heterocycles. The van der Waals surface area contributed by atoms with E-state index >= 15 is 0 Å². The zero-order valence-electron chi connectivity index (χ0n) is 8.83. The first-order valence-electron chi connectivity index (χ1n) is 5.22. The van der Waals surface area contributed by atoms with E-state index in [1.165, 1.54) is 18.4 Å². The van der Waals surface area contributed by atoms with E-state index in [4.69, 9.17) is 0 Å². The van der Waals surface area contributed by atoms with Gasteiger partial charge in [-0.15, -0.1) is 6.58 Å². The van der Waals surface area contributed by atoms with Gasteiger partial charge in [0.2, 0.25) is 0 Å². The van der Waals surface area contributed by atoms with Crippen LogP contribution in [0, 0.1) is 0 Å². The van der Waals surface area contributed by atoms with Gasteiger partial charge < -0.3 is 5.32 Å². The number of nitrogens with one attached hydrogen (secondary N) is 1. The maximum atomic E-state index is 3.79. The molecule has 14 heavy (non-hydrogen) atoms. The third-order valence-electron chi connectivity index (χ3n) is 2.31. The zero-order chi connectivity index (χ0) is 10.2. The van der Waals surface area contributed by atoms with Gasteiger partial charge in [-0.2, -0.15) is 11.3 Å². The summed E-state index contributed by atoms with van der Waals surface area (Å²) in [6.07, 6.45) is 5.45. The van der Waals surface area contributed by atoms with Crippen LogP contribution in [-0.4, -0.2) is 12.6 Å². The molecular weight excluding hydrogens is 190 g/mol. The van der Waals surface area contributed by atoms with Crippen molar-refractivity contribution >= 4 is 11.3 Å². The van der Waals surface area contributed by atoms with E-state index in [1.54, 1.807) is 11.3 Å². The maximum absolute atomic E-state index is 3.79. The topological polar surface area (TPSA) is 12.0 Å². The van der Waals surface area contributed by atoms with Gasteiger partial charge in [0, 0.05) is 6.04 Å². The number of rotatable bonds is 7. The highest BCUT2D eigenvalue weighted by atomic mass is 32.1. The Morgan fingerprint density at radius 1 is 1.64 bits per heavy atom. The Kier molecular flexibility index (Phi) is 5.57. The molecular formula is C12H19NS. The number of hydrogen-bond acceptors (Lipinski definition) is 2. The number of thiophene rings is 1. The van der Waals surface area contributed by atoms with Crippen molar-refractivity contribution in [2.45, 2.75) is 32.2 Å². The monoisotopic (exact) mass is 209 g/mol. The molecule has 0 saturated carbocycles. The molecule has 2 heteroatoms. The van der Waals surface area contributed by atoms with Crippen LogP contribution in [0.15, 0.2) is 29.5 Å². The molecule has 78 valence electrons. The van der Waals surface area contributed by atoms with Gasteiger partial charge in [-0.3, -0.25) is 0 Å². The first-order chi connectivity index (χ1) is 6.86. The second-order valence-electron chi connectivity index (χ2n) is 3.45. The number of hydrogen-bond donors (Lipinski definition) is 1. The van der Waals surface area contributed by atoms with Crippen LogP contribution in [0.25, 0.3) is 0 Å². The van der Waals surface area contributed by atoms with Crippen molar-refractivity contribution in [3.63, 3.8) is 0 Å². The lowest BCUT2D eigenvalue weighted by Crippen LogP contribution is -2.28. The van der Waals surface area contributed by atoms with E-state index in [0.717, 1.165) is 13.0 Å². The molecule has 1 nitrogen and oxygen atoms in total. The SMILES string of the molecule is C=CCC(CCc1ccsc1)NCC. The highest BCUT2D eigenvalue weighted by molar-refractivity contribution is 7.07. The first kappa shape index (κ1) is 11.5. The average Bonchev–Trinajstić information content (AvgIpc) is 2.67. The van der Waals surface area contributed by atoms with Crippen LogP contribution < -0.4 is 5.32 Å². The average molecular weight is 209 g/mol. The Balaban J connectivity index is 2.28. The van der Waals surface area contributed by atoms with Crippen molar-refractivity contribution in [3.05, 3.63) is 35.0 Å². The summed E-state index contributed by atoms with van der Waals surface area (Å²) in [5.74, 6) is 0. The summed E-state index contributed by atoms with van der Waals surface area (Å²) in [4.78, 5) is 0. The van der Waals surface area contributed by atoms with Gasteiger partial charge in [0.25, 0.3) is 0 Å². The van der Waals surface area contributed by atoms with Crippen LogP contribution in [0.1, 0.15) is 25.3 Å². The van der Waals surface area contributed by atoms with Crippen LogP contribution >= 0.6 is 11.3 Å². The summed E-state index contributed by atoms with van der Waals surface area (Å²) in [5, 5.41) is 7.86. The molecule has 1 unspecified atom stereocenters. The van der Waals surface area contributed by atoms with Crippen molar-refractivity contribution in [3.8, 4) is 0 Å². The highest BCUT2D eigenvalue weighted by Crippen LogP contribution is 2.11. The van der Waals surface area contributed by atoms with Gasteiger partial charge in [0.1, 0.15) is 0 Å². The summed E-state index contributed by atoms with van der Waals surface area (Å²) in [5.41, 5.74) is 1.46. The van der Waals surface area contributed by atoms with Gasteiger partial charge >= 0.3 is 0 Å². The van der Waals surface area contributed by atoms with Gasteiger partial charge in [-0.1, -0.05) is 13.0 Å². The van der Waals surface area contributed by atoms with E-state index < -0.39 is 0 Å². The first-order valence-corrected chi connectivity index (χ1v) is 6.16. The smallest absolute Gasteiger partial charge is 0.0104 e. The predicted octanol–water partition coefficient (Wildman–Crippen LogP) is 3.23. The fourth-order valence-electron chi connectivity index (χ4n) is 1.57. The van der Waals surface area contributed by atoms with E-state index in [9.17, 15) is 0 Å². The van der Waals surface area contributed by atoms with Gasteiger partial charge in [-0.05, 0) is 48.2 Å². The molecule has 0 aliphatic carbocycles. The Morgan fingerprint density at radius 2 is 2.50 bits per heavy atom. The summed E-state index contributed by atoms with van der Waals surface area (Å²) in [6, 6.07) is 2.80. The summed E-state index contributed by atoms with van der Waals surface area (Å²) < 4.78 is 0. The van der Waals surface area contributed by atoms with Crippen molar-refractivity contribution in [1.29, 1.82) is 0 Å². The van der Waals surface area contributed by atoms with Crippen LogP contribution in [0.4, 0.5) is 0 Å². The van der Waals surface area contributed by atoms with Gasteiger partial charge in [0.15, 0.2) is 0 Å². The fourth-order valence-corrected chi connectivity index (χ4v) is 2.27. The van der Waals surface area contributed by atoms with Crippen molar-refractivity contribution in [2.24, 2.45) is 0 Å². The molecule has 1 rings (SSSR count). The standard InChI is InChI=1S/C12H19NS/c1-3-5-12(13-4-2)7-6-11-8-9-14-10-11/h3,8-10,12-13H,1,4-7H2,2H3. The number of aryl methyl sites for hydroxylation is 1. The summed E-state index contributed by atoms with van der Waals surface area (Å²) in [7, 11) is 0. The summed E-state index contributed by atoms with van der Waals surface area (Å²) in [6.45, 7) is 6.99. The summed E-state index contributed by atoms with van der Waals surface area (Å²) >= 11 is 1.78. The molecule has 0 amide bonds. The molecule has 0 aliphatic heterocycles. The molecule has 0 aliphatic rings. The molecule has 0 spiro atoms. The fraction of sp³-hybridized carbons (Fsp3) is 0.500. The minimum Gasteiger partial charge on any atom is -0.314 e. The van der Waals surface area contributed by atoms with Gasteiger partial charge in [0.05, 0.1) is 0 Å².